The first-order valence-electron chi connectivity index (χ1n) is 5.90. The molecule has 0 saturated carbocycles. The van der Waals surface area contributed by atoms with Gasteiger partial charge in [0.25, 0.3) is 10.0 Å². The second-order valence-electron chi connectivity index (χ2n) is 3.99. The summed E-state index contributed by atoms with van der Waals surface area (Å²) >= 11 is 4.80. The zero-order valence-electron chi connectivity index (χ0n) is 10.7. The van der Waals surface area contributed by atoms with Crippen LogP contribution >= 0.6 is 27.3 Å². The van der Waals surface area contributed by atoms with E-state index in [1.54, 1.807) is 24.3 Å². The summed E-state index contributed by atoms with van der Waals surface area (Å²) in [4.78, 5) is 3.27. The van der Waals surface area contributed by atoms with Crippen molar-refractivity contribution in [3.63, 3.8) is 0 Å². The molecule has 0 atom stereocenters. The van der Waals surface area contributed by atoms with Crippen LogP contribution < -0.4 is 4.83 Å². The molecule has 4 nitrogen and oxygen atoms in total. The van der Waals surface area contributed by atoms with Crippen molar-refractivity contribution in [1.82, 2.24) is 4.83 Å². The van der Waals surface area contributed by atoms with Gasteiger partial charge in [-0.1, -0.05) is 19.1 Å². The SMILES string of the molecule is CCc1ccc(S(=O)(=O)N/N=C/c2ccc(Br)s2)cc1. The Morgan fingerprint density at radius 1 is 1.25 bits per heavy atom. The van der Waals surface area contributed by atoms with Crippen molar-refractivity contribution in [2.45, 2.75) is 18.2 Å². The second-order valence-corrected chi connectivity index (χ2v) is 8.15. The Kier molecular flexibility index (Phi) is 4.95. The number of halogens is 1. The number of hydrogen-bond donors (Lipinski definition) is 1. The third-order valence-corrected chi connectivity index (χ3v) is 5.40. The molecule has 0 amide bonds. The van der Waals surface area contributed by atoms with Crippen LogP contribution in [0.4, 0.5) is 0 Å². The van der Waals surface area contributed by atoms with Crippen LogP contribution in [0.5, 0.6) is 0 Å². The maximum atomic E-state index is 12.0. The van der Waals surface area contributed by atoms with Gasteiger partial charge in [0, 0.05) is 4.88 Å². The fourth-order valence-corrected chi connectivity index (χ4v) is 3.60. The van der Waals surface area contributed by atoms with Gasteiger partial charge < -0.3 is 0 Å². The van der Waals surface area contributed by atoms with E-state index in [1.165, 1.54) is 17.6 Å². The second kappa shape index (κ2) is 6.51. The Morgan fingerprint density at radius 3 is 2.50 bits per heavy atom. The molecule has 1 heterocycles. The molecule has 106 valence electrons. The van der Waals surface area contributed by atoms with Crippen LogP contribution in [0.1, 0.15) is 17.4 Å². The molecule has 0 bridgehead atoms. The first-order chi connectivity index (χ1) is 9.51. The summed E-state index contributed by atoms with van der Waals surface area (Å²) in [5.74, 6) is 0. The summed E-state index contributed by atoms with van der Waals surface area (Å²) in [7, 11) is -3.60. The van der Waals surface area contributed by atoms with Gasteiger partial charge in [-0.3, -0.25) is 0 Å². The quantitative estimate of drug-likeness (QED) is 0.645. The third kappa shape index (κ3) is 3.91. The lowest BCUT2D eigenvalue weighted by Crippen LogP contribution is -2.18. The van der Waals surface area contributed by atoms with E-state index in [-0.39, 0.29) is 4.90 Å². The summed E-state index contributed by atoms with van der Waals surface area (Å²) in [6.07, 6.45) is 2.35. The average Bonchev–Trinajstić information content (AvgIpc) is 2.84. The summed E-state index contributed by atoms with van der Waals surface area (Å²) < 4.78 is 25.0. The molecule has 1 aromatic heterocycles. The van der Waals surface area contributed by atoms with Crippen LogP contribution in [0.15, 0.2) is 50.2 Å². The molecule has 0 aliphatic heterocycles. The van der Waals surface area contributed by atoms with E-state index in [1.807, 2.05) is 19.1 Å². The van der Waals surface area contributed by atoms with Crippen LogP contribution in [0.2, 0.25) is 0 Å². The highest BCUT2D eigenvalue weighted by molar-refractivity contribution is 9.11. The topological polar surface area (TPSA) is 58.5 Å². The van der Waals surface area contributed by atoms with Crippen LogP contribution in [0, 0.1) is 0 Å². The molecule has 1 aromatic carbocycles. The minimum atomic E-state index is -3.60. The van der Waals surface area contributed by atoms with E-state index in [0.29, 0.717) is 0 Å². The number of nitrogens with one attached hydrogen (secondary N) is 1. The maximum absolute atomic E-state index is 12.0. The Balaban J connectivity index is 2.08. The first kappa shape index (κ1) is 15.2. The van der Waals surface area contributed by atoms with E-state index in [9.17, 15) is 8.42 Å². The molecule has 0 spiro atoms. The van der Waals surface area contributed by atoms with E-state index < -0.39 is 10.0 Å². The van der Waals surface area contributed by atoms with Crippen LogP contribution in [0.3, 0.4) is 0 Å². The van der Waals surface area contributed by atoms with Crippen molar-refractivity contribution in [1.29, 1.82) is 0 Å². The lowest BCUT2D eigenvalue weighted by atomic mass is 10.2. The van der Waals surface area contributed by atoms with Crippen molar-refractivity contribution in [2.75, 3.05) is 0 Å². The third-order valence-electron chi connectivity index (χ3n) is 2.60. The van der Waals surface area contributed by atoms with Crippen molar-refractivity contribution in [2.24, 2.45) is 5.10 Å². The largest absolute Gasteiger partial charge is 0.276 e. The van der Waals surface area contributed by atoms with Gasteiger partial charge >= 0.3 is 0 Å². The Labute approximate surface area is 130 Å². The molecule has 0 aliphatic rings. The Hall–Kier alpha value is -1.18. The van der Waals surface area contributed by atoms with Crippen LogP contribution in [-0.2, 0) is 16.4 Å². The molecule has 0 fully saturated rings. The summed E-state index contributed by atoms with van der Waals surface area (Å²) in [5.41, 5.74) is 1.09. The number of sulfonamides is 1. The zero-order chi connectivity index (χ0) is 14.6. The highest BCUT2D eigenvalue weighted by Crippen LogP contribution is 2.20. The minimum absolute atomic E-state index is 0.208. The van der Waals surface area contributed by atoms with Crippen molar-refractivity contribution < 1.29 is 8.42 Å². The lowest BCUT2D eigenvalue weighted by Gasteiger charge is -2.03. The average molecular weight is 373 g/mol. The van der Waals surface area contributed by atoms with E-state index in [4.69, 9.17) is 0 Å². The van der Waals surface area contributed by atoms with Gasteiger partial charge in [-0.15, -0.1) is 11.3 Å². The number of aryl methyl sites for hydroxylation is 1. The molecule has 0 radical (unpaired) electrons. The predicted molar refractivity (Wildman–Crippen MR) is 85.8 cm³/mol. The van der Waals surface area contributed by atoms with E-state index in [0.717, 1.165) is 20.6 Å². The number of hydrazone groups is 1. The molecule has 7 heteroatoms. The highest BCUT2D eigenvalue weighted by Gasteiger charge is 2.11. The monoisotopic (exact) mass is 372 g/mol. The summed E-state index contributed by atoms with van der Waals surface area (Å²) in [6.45, 7) is 2.02. The number of benzene rings is 1. The van der Waals surface area contributed by atoms with Crippen LogP contribution in [-0.4, -0.2) is 14.6 Å². The van der Waals surface area contributed by atoms with Gasteiger partial charge in [-0.2, -0.15) is 13.5 Å². The molecule has 2 aromatic rings. The normalized spacial score (nSPS) is 11.9. The molecule has 0 unspecified atom stereocenters. The van der Waals surface area contributed by atoms with Crippen molar-refractivity contribution >= 4 is 43.5 Å². The Bertz CT molecular complexity index is 706. The first-order valence-corrected chi connectivity index (χ1v) is 8.99. The number of nitrogens with zero attached hydrogens (tertiary/aromatic N) is 1. The molecule has 0 aliphatic carbocycles. The highest BCUT2D eigenvalue weighted by atomic mass is 79.9. The van der Waals surface area contributed by atoms with Gasteiger partial charge in [0.1, 0.15) is 0 Å². The summed E-state index contributed by atoms with van der Waals surface area (Å²) in [6, 6.07) is 10.5. The zero-order valence-corrected chi connectivity index (χ0v) is 13.9. The van der Waals surface area contributed by atoms with Gasteiger partial charge in [-0.05, 0) is 52.2 Å². The Morgan fingerprint density at radius 2 is 1.95 bits per heavy atom. The van der Waals surface area contributed by atoms with Crippen molar-refractivity contribution in [3.8, 4) is 0 Å². The summed E-state index contributed by atoms with van der Waals surface area (Å²) in [5, 5.41) is 3.77. The van der Waals surface area contributed by atoms with Gasteiger partial charge in [0.15, 0.2) is 0 Å². The fraction of sp³-hybridized carbons (Fsp3) is 0.154. The number of hydrogen-bond acceptors (Lipinski definition) is 4. The van der Waals surface area contributed by atoms with E-state index in [2.05, 4.69) is 25.9 Å². The van der Waals surface area contributed by atoms with Crippen molar-refractivity contribution in [3.05, 3.63) is 50.6 Å². The molecule has 1 N–H and O–H groups in total. The molecular formula is C13H13BrN2O2S2. The smallest absolute Gasteiger partial charge is 0.200 e. The minimum Gasteiger partial charge on any atom is -0.200 e. The van der Waals surface area contributed by atoms with Gasteiger partial charge in [0.05, 0.1) is 14.9 Å². The van der Waals surface area contributed by atoms with E-state index >= 15 is 0 Å². The number of rotatable bonds is 5. The number of thiophene rings is 1. The molecular weight excluding hydrogens is 360 g/mol. The van der Waals surface area contributed by atoms with Gasteiger partial charge in [-0.25, -0.2) is 4.83 Å². The maximum Gasteiger partial charge on any atom is 0.276 e. The lowest BCUT2D eigenvalue weighted by molar-refractivity contribution is 0.584. The predicted octanol–water partition coefficient (Wildman–Crippen LogP) is 3.39. The van der Waals surface area contributed by atoms with Crippen LogP contribution in [0.25, 0.3) is 0 Å². The molecule has 2 rings (SSSR count). The van der Waals surface area contributed by atoms with Gasteiger partial charge in [0.2, 0.25) is 0 Å². The standard InChI is InChI=1S/C13H13BrN2O2S2/c1-2-10-3-6-12(7-4-10)20(17,18)16-15-9-11-5-8-13(14)19-11/h3-9,16H,2H2,1H3/b15-9+. The molecule has 20 heavy (non-hydrogen) atoms. The fourth-order valence-electron chi connectivity index (χ4n) is 1.51. The molecule has 0 saturated heterocycles.